The first kappa shape index (κ1) is 23.9. The lowest BCUT2D eigenvalue weighted by atomic mass is 10.1. The van der Waals surface area contributed by atoms with E-state index in [1.807, 2.05) is 65.5 Å². The van der Waals surface area contributed by atoms with Crippen molar-refractivity contribution in [1.82, 2.24) is 19.7 Å². The Morgan fingerprint density at radius 3 is 2.57 bits per heavy atom. The molecule has 1 aliphatic heterocycles. The quantitative estimate of drug-likeness (QED) is 0.132. The van der Waals surface area contributed by atoms with Gasteiger partial charge in [0.2, 0.25) is 0 Å². The van der Waals surface area contributed by atoms with Crippen molar-refractivity contribution in [1.29, 1.82) is 0 Å². The van der Waals surface area contributed by atoms with Crippen molar-refractivity contribution < 1.29 is 4.79 Å². The third-order valence-corrected chi connectivity index (χ3v) is 8.33. The average Bonchev–Trinajstić information content (AvgIpc) is 3.56. The van der Waals surface area contributed by atoms with Crippen LogP contribution in [0.2, 0.25) is 0 Å². The number of aromatic nitrogens is 3. The molecule has 3 heterocycles. The molecule has 0 saturated carbocycles. The standard InChI is InChI=1S/C27H26N4OS3/c1-2-3-4-5-11-16-30-26(32)23(35-27(30)33)17-19-18-31(20-12-7-6-8-13-20)29-24(19)25-28-21-14-9-10-15-22(21)34-25/h6-10,12-15,17-18H,2-5,11,16H2,1H3. The highest BCUT2D eigenvalue weighted by Gasteiger charge is 2.32. The molecule has 0 bridgehead atoms. The SMILES string of the molecule is CCCCCCCN1C(=O)C(=Cc2cn(-c3ccccc3)nc2-c2nc3ccccc3s2)SC1=S. The van der Waals surface area contributed by atoms with Crippen LogP contribution in [0.4, 0.5) is 0 Å². The second-order valence-electron chi connectivity index (χ2n) is 8.45. The molecule has 0 aliphatic carbocycles. The molecule has 0 radical (unpaired) electrons. The maximum Gasteiger partial charge on any atom is 0.266 e. The summed E-state index contributed by atoms with van der Waals surface area (Å²) in [6.07, 6.45) is 9.62. The Balaban J connectivity index is 1.47. The summed E-state index contributed by atoms with van der Waals surface area (Å²) in [6.45, 7) is 2.88. The number of nitrogens with zero attached hydrogens (tertiary/aromatic N) is 4. The van der Waals surface area contributed by atoms with Crippen LogP contribution in [0.5, 0.6) is 0 Å². The number of benzene rings is 2. The first-order valence-electron chi connectivity index (χ1n) is 11.9. The highest BCUT2D eigenvalue weighted by molar-refractivity contribution is 8.26. The number of unbranched alkanes of at least 4 members (excludes halogenated alkanes) is 4. The number of thioether (sulfide) groups is 1. The second kappa shape index (κ2) is 10.8. The average molecular weight is 519 g/mol. The molecule has 1 saturated heterocycles. The lowest BCUT2D eigenvalue weighted by Crippen LogP contribution is -2.29. The Bertz CT molecular complexity index is 1360. The van der Waals surface area contributed by atoms with Crippen LogP contribution >= 0.6 is 35.3 Å². The van der Waals surface area contributed by atoms with Crippen LogP contribution in [-0.4, -0.2) is 36.4 Å². The van der Waals surface area contributed by atoms with Gasteiger partial charge in [0.1, 0.15) is 15.0 Å². The van der Waals surface area contributed by atoms with E-state index in [2.05, 4.69) is 13.0 Å². The highest BCUT2D eigenvalue weighted by atomic mass is 32.2. The van der Waals surface area contributed by atoms with Crippen molar-refractivity contribution in [3.63, 3.8) is 0 Å². The van der Waals surface area contributed by atoms with Gasteiger partial charge in [-0.2, -0.15) is 5.10 Å². The van der Waals surface area contributed by atoms with Crippen LogP contribution in [0.3, 0.4) is 0 Å². The zero-order chi connectivity index (χ0) is 24.2. The molecule has 5 nitrogen and oxygen atoms in total. The lowest BCUT2D eigenvalue weighted by molar-refractivity contribution is -0.122. The maximum atomic E-state index is 13.2. The molecule has 2 aromatic carbocycles. The van der Waals surface area contributed by atoms with E-state index in [1.54, 1.807) is 16.2 Å². The molecule has 1 aliphatic rings. The van der Waals surface area contributed by atoms with E-state index >= 15 is 0 Å². The van der Waals surface area contributed by atoms with Gasteiger partial charge in [-0.1, -0.05) is 86.9 Å². The van der Waals surface area contributed by atoms with Gasteiger partial charge in [-0.3, -0.25) is 9.69 Å². The predicted molar refractivity (Wildman–Crippen MR) is 151 cm³/mol. The molecule has 2 aromatic heterocycles. The number of rotatable bonds is 9. The molecule has 0 spiro atoms. The molecule has 178 valence electrons. The fraction of sp³-hybridized carbons (Fsp3) is 0.259. The van der Waals surface area contributed by atoms with Gasteiger partial charge in [0.25, 0.3) is 5.91 Å². The van der Waals surface area contributed by atoms with E-state index < -0.39 is 0 Å². The summed E-state index contributed by atoms with van der Waals surface area (Å²) < 4.78 is 3.59. The summed E-state index contributed by atoms with van der Waals surface area (Å²) in [4.78, 5) is 20.4. The lowest BCUT2D eigenvalue weighted by Gasteiger charge is -2.13. The van der Waals surface area contributed by atoms with Gasteiger partial charge in [0.05, 0.1) is 20.8 Å². The maximum absolute atomic E-state index is 13.2. The number of hydrogen-bond acceptors (Lipinski definition) is 6. The minimum Gasteiger partial charge on any atom is -0.293 e. The molecule has 0 unspecified atom stereocenters. The first-order valence-corrected chi connectivity index (χ1v) is 13.9. The summed E-state index contributed by atoms with van der Waals surface area (Å²) in [6, 6.07) is 18.1. The number of hydrogen-bond donors (Lipinski definition) is 0. The molecule has 35 heavy (non-hydrogen) atoms. The molecular formula is C27H26N4OS3. The molecule has 4 aromatic rings. The van der Waals surface area contributed by atoms with Crippen molar-refractivity contribution in [3.8, 4) is 16.4 Å². The zero-order valence-electron chi connectivity index (χ0n) is 19.5. The Hall–Kier alpha value is -2.81. The number of carbonyl (C=O) groups is 1. The summed E-state index contributed by atoms with van der Waals surface area (Å²) in [5.74, 6) is -0.0156. The predicted octanol–water partition coefficient (Wildman–Crippen LogP) is 7.32. The molecular weight excluding hydrogens is 493 g/mol. The van der Waals surface area contributed by atoms with Crippen LogP contribution in [-0.2, 0) is 4.79 Å². The third kappa shape index (κ3) is 5.24. The van der Waals surface area contributed by atoms with Gasteiger partial charge in [-0.25, -0.2) is 9.67 Å². The van der Waals surface area contributed by atoms with E-state index in [-0.39, 0.29) is 5.91 Å². The van der Waals surface area contributed by atoms with Gasteiger partial charge in [-0.05, 0) is 36.8 Å². The minimum atomic E-state index is -0.0156. The van der Waals surface area contributed by atoms with Gasteiger partial charge in [0, 0.05) is 18.3 Å². The largest absolute Gasteiger partial charge is 0.293 e. The Morgan fingerprint density at radius 2 is 1.77 bits per heavy atom. The first-order chi connectivity index (χ1) is 17.1. The molecule has 1 amide bonds. The number of thiocarbonyl (C=S) groups is 1. The van der Waals surface area contributed by atoms with Crippen molar-refractivity contribution in [2.45, 2.75) is 39.0 Å². The number of fused-ring (bicyclic) bond motifs is 1. The monoisotopic (exact) mass is 518 g/mol. The van der Waals surface area contributed by atoms with E-state index in [1.165, 1.54) is 31.0 Å². The van der Waals surface area contributed by atoms with Crippen LogP contribution in [0, 0.1) is 0 Å². The van der Waals surface area contributed by atoms with Gasteiger partial charge in [0.15, 0.2) is 0 Å². The Labute approximate surface area is 218 Å². The number of carbonyl (C=O) groups excluding carboxylic acids is 1. The van der Waals surface area contributed by atoms with Gasteiger partial charge >= 0.3 is 0 Å². The summed E-state index contributed by atoms with van der Waals surface area (Å²) in [5.41, 5.74) is 3.52. The molecule has 0 atom stereocenters. The molecule has 1 fully saturated rings. The van der Waals surface area contributed by atoms with Crippen molar-refractivity contribution >= 4 is 61.8 Å². The van der Waals surface area contributed by atoms with Crippen molar-refractivity contribution in [2.75, 3.05) is 6.54 Å². The molecule has 0 N–H and O–H groups in total. The van der Waals surface area contributed by atoms with Gasteiger partial charge in [-0.15, -0.1) is 11.3 Å². The molecule has 5 rings (SSSR count). The number of amides is 1. The molecule has 8 heteroatoms. The van der Waals surface area contributed by atoms with Gasteiger partial charge < -0.3 is 0 Å². The Kier molecular flexibility index (Phi) is 7.41. The van der Waals surface area contributed by atoms with E-state index in [0.717, 1.165) is 45.0 Å². The topological polar surface area (TPSA) is 51.0 Å². The normalized spacial score (nSPS) is 15.1. The van der Waals surface area contributed by atoms with Crippen molar-refractivity contribution in [3.05, 3.63) is 71.3 Å². The van der Waals surface area contributed by atoms with Crippen LogP contribution in [0.25, 0.3) is 32.7 Å². The number of para-hydroxylation sites is 2. The second-order valence-corrected chi connectivity index (χ2v) is 11.2. The smallest absolute Gasteiger partial charge is 0.266 e. The summed E-state index contributed by atoms with van der Waals surface area (Å²) in [7, 11) is 0. The minimum absolute atomic E-state index is 0.0156. The fourth-order valence-corrected chi connectivity index (χ4v) is 6.33. The highest BCUT2D eigenvalue weighted by Crippen LogP contribution is 2.37. The number of thiazole rings is 1. The van der Waals surface area contributed by atoms with E-state index in [9.17, 15) is 4.79 Å². The third-order valence-electron chi connectivity index (χ3n) is 5.91. The van der Waals surface area contributed by atoms with E-state index in [0.29, 0.717) is 15.8 Å². The Morgan fingerprint density at radius 1 is 1.00 bits per heavy atom. The van der Waals surface area contributed by atoms with Crippen LogP contribution in [0.1, 0.15) is 44.6 Å². The van der Waals surface area contributed by atoms with Crippen molar-refractivity contribution in [2.24, 2.45) is 0 Å². The summed E-state index contributed by atoms with van der Waals surface area (Å²) in [5, 5.41) is 5.71. The van der Waals surface area contributed by atoms with E-state index in [4.69, 9.17) is 22.3 Å². The zero-order valence-corrected chi connectivity index (χ0v) is 22.0. The van der Waals surface area contributed by atoms with Crippen LogP contribution < -0.4 is 0 Å². The summed E-state index contributed by atoms with van der Waals surface area (Å²) >= 11 is 8.54. The van der Waals surface area contributed by atoms with Crippen LogP contribution in [0.15, 0.2) is 65.7 Å². The fourth-order valence-electron chi connectivity index (χ4n) is 4.05.